The fourth-order valence-corrected chi connectivity index (χ4v) is 1.70. The second-order valence-corrected chi connectivity index (χ2v) is 4.25. The molecule has 2 rings (SSSR count). The lowest BCUT2D eigenvalue weighted by molar-refractivity contribution is 0.305. The Morgan fingerprint density at radius 1 is 1.16 bits per heavy atom. The van der Waals surface area contributed by atoms with E-state index in [1.807, 2.05) is 12.1 Å². The third kappa shape index (κ3) is 4.58. The third-order valence-corrected chi connectivity index (χ3v) is 2.66. The van der Waals surface area contributed by atoms with Gasteiger partial charge in [0.2, 0.25) is 5.88 Å². The van der Waals surface area contributed by atoms with E-state index in [9.17, 15) is 0 Å². The van der Waals surface area contributed by atoms with Crippen molar-refractivity contribution >= 4 is 5.82 Å². The topological polar surface area (TPSA) is 47.0 Å². The summed E-state index contributed by atoms with van der Waals surface area (Å²) in [5.74, 6) is 1.43. The number of nitrogens with zero attached hydrogens (tertiary/aromatic N) is 2. The van der Waals surface area contributed by atoms with Crippen LogP contribution in [-0.2, 0) is 6.42 Å². The molecule has 0 atom stereocenters. The van der Waals surface area contributed by atoms with Crippen LogP contribution in [0, 0.1) is 0 Å². The molecule has 0 amide bonds. The Hall–Kier alpha value is -2.10. The number of rotatable bonds is 7. The van der Waals surface area contributed by atoms with E-state index in [1.165, 1.54) is 11.9 Å². The molecule has 0 saturated heterocycles. The Morgan fingerprint density at radius 2 is 2.00 bits per heavy atom. The van der Waals surface area contributed by atoms with Gasteiger partial charge in [0, 0.05) is 12.6 Å². The van der Waals surface area contributed by atoms with Gasteiger partial charge in [0.15, 0.2) is 0 Å². The molecule has 1 N–H and O–H groups in total. The molecule has 0 radical (unpaired) electrons. The van der Waals surface area contributed by atoms with Gasteiger partial charge in [-0.05, 0) is 18.4 Å². The molecule has 0 saturated carbocycles. The van der Waals surface area contributed by atoms with Crippen LogP contribution in [0.4, 0.5) is 5.82 Å². The van der Waals surface area contributed by atoms with Crippen LogP contribution < -0.4 is 10.1 Å². The van der Waals surface area contributed by atoms with Crippen molar-refractivity contribution in [1.82, 2.24) is 9.97 Å². The van der Waals surface area contributed by atoms with Crippen LogP contribution in [0.1, 0.15) is 18.9 Å². The van der Waals surface area contributed by atoms with Gasteiger partial charge in [0.25, 0.3) is 0 Å². The highest BCUT2D eigenvalue weighted by Crippen LogP contribution is 2.11. The van der Waals surface area contributed by atoms with E-state index in [2.05, 4.69) is 46.5 Å². The van der Waals surface area contributed by atoms with Crippen LogP contribution in [0.3, 0.4) is 0 Å². The first-order valence-electron chi connectivity index (χ1n) is 6.61. The molecule has 4 heteroatoms. The molecule has 0 spiro atoms. The van der Waals surface area contributed by atoms with Gasteiger partial charge in [-0.2, -0.15) is 0 Å². The van der Waals surface area contributed by atoms with E-state index < -0.39 is 0 Å². The molecule has 2 aromatic rings. The minimum atomic E-state index is 0.624. The lowest BCUT2D eigenvalue weighted by atomic mass is 10.1. The maximum Gasteiger partial charge on any atom is 0.218 e. The zero-order chi connectivity index (χ0) is 13.3. The van der Waals surface area contributed by atoms with E-state index in [0.717, 1.165) is 25.2 Å². The van der Waals surface area contributed by atoms with Crippen LogP contribution >= 0.6 is 0 Å². The molecule has 1 aromatic carbocycles. The molecule has 0 aliphatic carbocycles. The zero-order valence-electron chi connectivity index (χ0n) is 11.2. The Kier molecular flexibility index (Phi) is 5.17. The summed E-state index contributed by atoms with van der Waals surface area (Å²) in [5, 5.41) is 3.28. The number of ether oxygens (including phenoxy) is 1. The van der Waals surface area contributed by atoms with Crippen molar-refractivity contribution in [2.24, 2.45) is 0 Å². The molecule has 0 aliphatic heterocycles. The quantitative estimate of drug-likeness (QED) is 0.828. The first kappa shape index (κ1) is 13.3. The maximum atomic E-state index is 5.47. The van der Waals surface area contributed by atoms with Crippen molar-refractivity contribution in [2.45, 2.75) is 19.8 Å². The van der Waals surface area contributed by atoms with Crippen molar-refractivity contribution < 1.29 is 4.74 Å². The van der Waals surface area contributed by atoms with E-state index in [4.69, 9.17) is 4.74 Å². The zero-order valence-corrected chi connectivity index (χ0v) is 11.2. The summed E-state index contributed by atoms with van der Waals surface area (Å²) in [5.41, 5.74) is 1.31. The van der Waals surface area contributed by atoms with E-state index in [0.29, 0.717) is 12.5 Å². The second kappa shape index (κ2) is 7.36. The van der Waals surface area contributed by atoms with Crippen LogP contribution in [0.25, 0.3) is 0 Å². The van der Waals surface area contributed by atoms with Gasteiger partial charge in [-0.3, -0.25) is 0 Å². The van der Waals surface area contributed by atoms with Gasteiger partial charge in [0.05, 0.1) is 6.61 Å². The van der Waals surface area contributed by atoms with Crippen molar-refractivity contribution in [1.29, 1.82) is 0 Å². The molecule has 1 heterocycles. The van der Waals surface area contributed by atoms with Gasteiger partial charge in [0.1, 0.15) is 12.1 Å². The minimum absolute atomic E-state index is 0.624. The summed E-state index contributed by atoms with van der Waals surface area (Å²) in [4.78, 5) is 8.25. The average Bonchev–Trinajstić information content (AvgIpc) is 2.47. The lowest BCUT2D eigenvalue weighted by Gasteiger charge is -2.07. The monoisotopic (exact) mass is 257 g/mol. The van der Waals surface area contributed by atoms with Gasteiger partial charge in [-0.25, -0.2) is 9.97 Å². The maximum absolute atomic E-state index is 5.47. The Morgan fingerprint density at radius 3 is 2.79 bits per heavy atom. The average molecular weight is 257 g/mol. The Bertz CT molecular complexity index is 488. The largest absolute Gasteiger partial charge is 0.478 e. The van der Waals surface area contributed by atoms with E-state index >= 15 is 0 Å². The summed E-state index contributed by atoms with van der Waals surface area (Å²) in [7, 11) is 0. The number of benzene rings is 1. The highest BCUT2D eigenvalue weighted by molar-refractivity contribution is 5.37. The molecule has 0 bridgehead atoms. The van der Waals surface area contributed by atoms with Crippen LogP contribution in [-0.4, -0.2) is 23.1 Å². The van der Waals surface area contributed by atoms with Crippen LogP contribution in [0.2, 0.25) is 0 Å². The van der Waals surface area contributed by atoms with E-state index in [1.54, 1.807) is 0 Å². The number of aromatic nitrogens is 2. The fourth-order valence-electron chi connectivity index (χ4n) is 1.70. The van der Waals surface area contributed by atoms with Crippen LogP contribution in [0.15, 0.2) is 42.7 Å². The summed E-state index contributed by atoms with van der Waals surface area (Å²) in [6, 6.07) is 12.2. The van der Waals surface area contributed by atoms with Crippen molar-refractivity contribution in [2.75, 3.05) is 18.5 Å². The second-order valence-electron chi connectivity index (χ2n) is 4.25. The molecular formula is C15H19N3O. The van der Waals surface area contributed by atoms with Crippen molar-refractivity contribution in [3.63, 3.8) is 0 Å². The Labute approximate surface area is 113 Å². The highest BCUT2D eigenvalue weighted by atomic mass is 16.5. The third-order valence-electron chi connectivity index (χ3n) is 2.66. The van der Waals surface area contributed by atoms with Crippen molar-refractivity contribution in [3.8, 4) is 5.88 Å². The molecule has 0 unspecified atom stereocenters. The fraction of sp³-hybridized carbons (Fsp3) is 0.333. The minimum Gasteiger partial charge on any atom is -0.478 e. The summed E-state index contributed by atoms with van der Waals surface area (Å²) in [6.45, 7) is 3.59. The Balaban J connectivity index is 1.82. The van der Waals surface area contributed by atoms with Gasteiger partial charge >= 0.3 is 0 Å². The van der Waals surface area contributed by atoms with Crippen LogP contribution in [0.5, 0.6) is 5.88 Å². The van der Waals surface area contributed by atoms with E-state index in [-0.39, 0.29) is 0 Å². The highest BCUT2D eigenvalue weighted by Gasteiger charge is 1.99. The first-order valence-corrected chi connectivity index (χ1v) is 6.61. The molecule has 0 aliphatic rings. The number of hydrogen-bond acceptors (Lipinski definition) is 4. The number of anilines is 1. The smallest absolute Gasteiger partial charge is 0.218 e. The van der Waals surface area contributed by atoms with Gasteiger partial charge in [-0.1, -0.05) is 37.3 Å². The van der Waals surface area contributed by atoms with Gasteiger partial charge in [-0.15, -0.1) is 0 Å². The van der Waals surface area contributed by atoms with Gasteiger partial charge < -0.3 is 10.1 Å². The standard InChI is InChI=1S/C15H19N3O/c1-2-10-19-15-11-14(17-12-18-15)16-9-8-13-6-4-3-5-7-13/h3-7,11-12H,2,8-10H2,1H3,(H,16,17,18). The first-order chi connectivity index (χ1) is 9.38. The normalized spacial score (nSPS) is 10.2. The number of nitrogens with one attached hydrogen (secondary N) is 1. The lowest BCUT2D eigenvalue weighted by Crippen LogP contribution is -2.07. The molecule has 4 nitrogen and oxygen atoms in total. The van der Waals surface area contributed by atoms with Crippen molar-refractivity contribution in [3.05, 3.63) is 48.3 Å². The predicted molar refractivity (Wildman–Crippen MR) is 76.5 cm³/mol. The summed E-state index contributed by atoms with van der Waals surface area (Å²) < 4.78 is 5.47. The predicted octanol–water partition coefficient (Wildman–Crippen LogP) is 2.92. The SMILES string of the molecule is CCCOc1cc(NCCc2ccccc2)ncn1. The summed E-state index contributed by atoms with van der Waals surface area (Å²) in [6.07, 6.45) is 3.46. The molecule has 1 aromatic heterocycles. The molecule has 100 valence electrons. The number of hydrogen-bond donors (Lipinski definition) is 1. The molecule has 0 fully saturated rings. The molecular weight excluding hydrogens is 238 g/mol. The summed E-state index contributed by atoms with van der Waals surface area (Å²) >= 11 is 0. The molecule has 19 heavy (non-hydrogen) atoms.